The summed E-state index contributed by atoms with van der Waals surface area (Å²) in [6.45, 7) is 25.0. The van der Waals surface area contributed by atoms with E-state index in [9.17, 15) is 19.8 Å². The van der Waals surface area contributed by atoms with Crippen LogP contribution in [0.15, 0.2) is 113 Å². The summed E-state index contributed by atoms with van der Waals surface area (Å²) in [5, 5.41) is 23.9. The van der Waals surface area contributed by atoms with Gasteiger partial charge in [0.2, 0.25) is 0 Å². The number of carbonyl (C=O) groups is 2. The van der Waals surface area contributed by atoms with E-state index in [1.54, 1.807) is 0 Å². The molecular formula is C62H76N2O5Pt2-2. The number of pyridine rings is 2. The molecule has 386 valence electrons. The fourth-order valence-corrected chi connectivity index (χ4v) is 8.93. The number of hydrogen-bond acceptors (Lipinski definition) is 7. The van der Waals surface area contributed by atoms with Crippen molar-refractivity contribution in [3.63, 3.8) is 0 Å². The van der Waals surface area contributed by atoms with Crippen molar-refractivity contribution in [3.05, 3.63) is 132 Å². The molecule has 0 saturated carbocycles. The molecule has 4 aromatic carbocycles. The summed E-state index contributed by atoms with van der Waals surface area (Å²) >= 11 is 0. The molecule has 0 atom stereocenters. The van der Waals surface area contributed by atoms with Crippen molar-refractivity contribution in [1.82, 2.24) is 9.97 Å². The van der Waals surface area contributed by atoms with Gasteiger partial charge in [0.05, 0.1) is 22.6 Å². The van der Waals surface area contributed by atoms with Crippen LogP contribution in [-0.2, 0) is 51.7 Å². The molecule has 71 heavy (non-hydrogen) atoms. The van der Waals surface area contributed by atoms with Gasteiger partial charge in [-0.1, -0.05) is 141 Å². The van der Waals surface area contributed by atoms with Gasteiger partial charge in [-0.15, -0.1) is 36.4 Å². The Morgan fingerprint density at radius 1 is 0.507 bits per heavy atom. The van der Waals surface area contributed by atoms with Gasteiger partial charge in [-0.3, -0.25) is 19.6 Å². The molecular weight excluding hydrogens is 1240 g/mol. The summed E-state index contributed by atoms with van der Waals surface area (Å²) in [6.07, 6.45) is 9.81. The van der Waals surface area contributed by atoms with Gasteiger partial charge in [0, 0.05) is 89.1 Å². The largest absolute Gasteiger partial charge is 0.545 e. The molecule has 0 fully saturated rings. The first-order valence-electron chi connectivity index (χ1n) is 25.6. The maximum absolute atomic E-state index is 11.7. The summed E-state index contributed by atoms with van der Waals surface area (Å²) in [6, 6.07) is 36.2. The Kier molecular flexibility index (Phi) is 24.8. The normalized spacial score (nSPS) is 11.9. The Balaban J connectivity index is 0.000000348. The minimum Gasteiger partial charge on any atom is -0.545 e. The van der Waals surface area contributed by atoms with E-state index in [0.29, 0.717) is 11.8 Å². The van der Waals surface area contributed by atoms with Crippen LogP contribution < -0.4 is 0 Å². The van der Waals surface area contributed by atoms with Crippen molar-refractivity contribution >= 4 is 55.3 Å². The van der Waals surface area contributed by atoms with Crippen LogP contribution in [0.3, 0.4) is 0 Å². The first-order chi connectivity index (χ1) is 33.2. The molecule has 7 aromatic rings. The summed E-state index contributed by atoms with van der Waals surface area (Å²) in [5.74, 6) is 2.05. The average molecular weight is 1320 g/mol. The third kappa shape index (κ3) is 15.2. The minimum atomic E-state index is 0. The number of nitrogens with zero attached hydrogens (tertiary/aromatic N) is 2. The van der Waals surface area contributed by atoms with Gasteiger partial charge in [-0.2, -0.15) is 0 Å². The van der Waals surface area contributed by atoms with Crippen molar-refractivity contribution in [2.45, 2.75) is 146 Å². The van der Waals surface area contributed by atoms with Gasteiger partial charge >= 0.3 is 0 Å². The third-order valence-electron chi connectivity index (χ3n) is 13.8. The van der Waals surface area contributed by atoms with Crippen molar-refractivity contribution < 1.29 is 66.3 Å². The predicted octanol–water partition coefficient (Wildman–Crippen LogP) is 17.6. The number of aliphatic hydroxyl groups excluding tert-OH is 2. The van der Waals surface area contributed by atoms with Crippen molar-refractivity contribution in [2.24, 2.45) is 23.7 Å². The average Bonchev–Trinajstić information content (AvgIpc) is 3.74. The molecule has 0 radical (unpaired) electrons. The number of aliphatic hydroxyl groups is 2. The summed E-state index contributed by atoms with van der Waals surface area (Å²) < 4.78 is 6.61. The molecule has 9 heteroatoms. The topological polar surface area (TPSA) is 114 Å². The van der Waals surface area contributed by atoms with Gasteiger partial charge in [0.1, 0.15) is 0 Å². The third-order valence-corrected chi connectivity index (χ3v) is 13.8. The second-order valence-electron chi connectivity index (χ2n) is 18.9. The van der Waals surface area contributed by atoms with Crippen LogP contribution in [0.2, 0.25) is 0 Å². The molecule has 0 aliphatic carbocycles. The SMILES string of the molecule is CC(C)c1ccc2nc(-c3[c-]ccc4c3oc3c(-c5ccc6cc(C(C)C)ccc6n5)[c-]ccc34)ccc2c1.CCC(CC)C(=O)/C=C(\O)C(CC)CC.CCC(CC)C(=O)/C=C(\O)C(CC)CC.[Pt].[Pt]. The van der Waals surface area contributed by atoms with Gasteiger partial charge in [-0.05, 0) is 121 Å². The molecule has 7 nitrogen and oxygen atoms in total. The molecule has 7 rings (SSSR count). The van der Waals surface area contributed by atoms with Gasteiger partial charge in [-0.25, -0.2) is 0 Å². The van der Waals surface area contributed by atoms with Crippen LogP contribution in [0, 0.1) is 35.8 Å². The van der Waals surface area contributed by atoms with Crippen LogP contribution in [0.4, 0.5) is 0 Å². The summed E-state index contributed by atoms with van der Waals surface area (Å²) in [5.41, 5.74) is 9.53. The van der Waals surface area contributed by atoms with Crippen molar-refractivity contribution in [2.75, 3.05) is 0 Å². The zero-order valence-electron chi connectivity index (χ0n) is 44.0. The van der Waals surface area contributed by atoms with E-state index < -0.39 is 0 Å². The number of aromatic nitrogens is 2. The maximum atomic E-state index is 11.7. The van der Waals surface area contributed by atoms with E-state index in [-0.39, 0.29) is 88.9 Å². The minimum absolute atomic E-state index is 0. The number of allylic oxidation sites excluding steroid dienone is 4. The molecule has 0 spiro atoms. The predicted molar refractivity (Wildman–Crippen MR) is 289 cm³/mol. The second-order valence-corrected chi connectivity index (χ2v) is 18.9. The number of benzene rings is 4. The molecule has 0 amide bonds. The molecule has 2 N–H and O–H groups in total. The van der Waals surface area contributed by atoms with Crippen LogP contribution in [0.5, 0.6) is 0 Å². The molecule has 0 bridgehead atoms. The van der Waals surface area contributed by atoms with E-state index in [4.69, 9.17) is 14.4 Å². The molecule has 3 aromatic heterocycles. The first-order valence-corrected chi connectivity index (χ1v) is 25.6. The van der Waals surface area contributed by atoms with Crippen LogP contribution in [0.25, 0.3) is 66.3 Å². The van der Waals surface area contributed by atoms with Crippen LogP contribution >= 0.6 is 0 Å². The maximum Gasteiger partial charge on any atom is 0.162 e. The van der Waals surface area contributed by atoms with E-state index >= 15 is 0 Å². The van der Waals surface area contributed by atoms with E-state index in [1.165, 1.54) is 23.3 Å². The number of rotatable bonds is 18. The molecule has 0 unspecified atom stereocenters. The number of ketones is 2. The molecule has 0 aliphatic rings. The van der Waals surface area contributed by atoms with Crippen LogP contribution in [-0.4, -0.2) is 31.7 Å². The molecule has 0 saturated heterocycles. The fourth-order valence-electron chi connectivity index (χ4n) is 8.93. The van der Waals surface area contributed by atoms with Gasteiger partial charge < -0.3 is 14.6 Å². The van der Waals surface area contributed by atoms with E-state index in [1.807, 2.05) is 67.5 Å². The second kappa shape index (κ2) is 29.1. The standard InChI is InChI=1S/C36H28N2O.2C13H24O2.2Pt/c1-21(2)23-11-15-31-25(19-23)13-17-33(37-31)29-9-5-7-27-28-8-6-10-30(36(28)39-35(27)29)34-18-14-26-20-24(22(3)4)12-16-32(26)38-34;2*1-5-10(6-2)12(14)9-13(15)11(7-3)8-4;;/h5-8,11-22H,1-4H3;2*9-11,14H,5-8H2,1-4H3;;/q-2;;;;/b;2*12-9-;;. The van der Waals surface area contributed by atoms with Crippen LogP contribution in [0.1, 0.15) is 157 Å². The Hall–Kier alpha value is -4.70. The zero-order chi connectivity index (χ0) is 50.4. The number of fused-ring (bicyclic) bond motifs is 5. The fraction of sp³-hybridized carbons (Fsp3) is 0.419. The Bertz CT molecular complexity index is 2690. The molecule has 3 heterocycles. The van der Waals surface area contributed by atoms with E-state index in [2.05, 4.69) is 113 Å². The monoisotopic (exact) mass is 1320 g/mol. The summed E-state index contributed by atoms with van der Waals surface area (Å²) in [7, 11) is 0. The zero-order valence-corrected chi connectivity index (χ0v) is 48.5. The van der Waals surface area contributed by atoms with Gasteiger partial charge in [0.25, 0.3) is 0 Å². The van der Waals surface area contributed by atoms with Crippen molar-refractivity contribution in [3.8, 4) is 22.5 Å². The summed E-state index contributed by atoms with van der Waals surface area (Å²) in [4.78, 5) is 33.4. The Morgan fingerprint density at radius 2 is 0.845 bits per heavy atom. The Labute approximate surface area is 453 Å². The quantitative estimate of drug-likeness (QED) is 0.0500. The number of furan rings is 1. The first kappa shape index (κ1) is 60.6. The smallest absolute Gasteiger partial charge is 0.162 e. The van der Waals surface area contributed by atoms with E-state index in [0.717, 1.165) is 118 Å². The number of hydrogen-bond donors (Lipinski definition) is 2. The van der Waals surface area contributed by atoms with Gasteiger partial charge in [0.15, 0.2) is 11.6 Å². The van der Waals surface area contributed by atoms with Crippen molar-refractivity contribution in [1.29, 1.82) is 0 Å². The Morgan fingerprint density at radius 3 is 1.15 bits per heavy atom. The molecule has 0 aliphatic heterocycles. The number of carbonyl (C=O) groups excluding carboxylic acids is 2.